The maximum absolute atomic E-state index is 12.7. The minimum atomic E-state index is -0.199. The van der Waals surface area contributed by atoms with E-state index >= 15 is 0 Å². The van der Waals surface area contributed by atoms with Gasteiger partial charge in [0.05, 0.1) is 6.04 Å². The number of benzene rings is 2. The topological polar surface area (TPSA) is 62.6 Å². The third kappa shape index (κ3) is 3.55. The summed E-state index contributed by atoms with van der Waals surface area (Å²) in [5.74, 6) is 0.490. The van der Waals surface area contributed by atoms with Crippen LogP contribution in [0.3, 0.4) is 0 Å². The fourth-order valence-electron chi connectivity index (χ4n) is 2.68. The van der Waals surface area contributed by atoms with Crippen LogP contribution < -0.4 is 5.32 Å². The van der Waals surface area contributed by atoms with Crippen LogP contribution in [0.25, 0.3) is 11.0 Å². The molecule has 0 radical (unpaired) electrons. The highest BCUT2D eigenvalue weighted by atomic mass is 16.3. The Morgan fingerprint density at radius 1 is 1.08 bits per heavy atom. The minimum Gasteiger partial charge on any atom is -0.459 e. The molecule has 0 aliphatic carbocycles. The first-order valence-electron chi connectivity index (χ1n) is 8.09. The molecule has 2 aromatic carbocycles. The van der Waals surface area contributed by atoms with Gasteiger partial charge in [-0.05, 0) is 43.3 Å². The van der Waals surface area contributed by atoms with E-state index in [2.05, 4.69) is 5.32 Å². The van der Waals surface area contributed by atoms with Gasteiger partial charge in [-0.1, -0.05) is 18.2 Å². The largest absolute Gasteiger partial charge is 0.459 e. The summed E-state index contributed by atoms with van der Waals surface area (Å²) in [6, 6.07) is 16.4. The van der Waals surface area contributed by atoms with Crippen molar-refractivity contribution >= 4 is 28.5 Å². The molecule has 0 fully saturated rings. The Bertz CT molecular complexity index is 879. The molecule has 0 spiro atoms. The minimum absolute atomic E-state index is 0.109. The van der Waals surface area contributed by atoms with Gasteiger partial charge in [-0.25, -0.2) is 0 Å². The number of hydrogen-bond acceptors (Lipinski definition) is 3. The van der Waals surface area contributed by atoms with Gasteiger partial charge in [-0.15, -0.1) is 0 Å². The molecular weight excluding hydrogens is 316 g/mol. The lowest BCUT2D eigenvalue weighted by atomic mass is 10.1. The normalized spacial score (nSPS) is 12.0. The average Bonchev–Trinajstić information content (AvgIpc) is 3.04. The molecule has 0 saturated heterocycles. The Balaban J connectivity index is 1.77. The van der Waals surface area contributed by atoms with Crippen molar-refractivity contribution in [3.63, 3.8) is 0 Å². The molecule has 3 rings (SSSR count). The Hall–Kier alpha value is -3.08. The molecule has 1 unspecified atom stereocenters. The molecule has 3 aromatic rings. The molecule has 2 amide bonds. The number of anilines is 1. The summed E-state index contributed by atoms with van der Waals surface area (Å²) >= 11 is 0. The van der Waals surface area contributed by atoms with Gasteiger partial charge in [0.2, 0.25) is 5.91 Å². The fraction of sp³-hybridized carbons (Fsp3) is 0.200. The van der Waals surface area contributed by atoms with Crippen molar-refractivity contribution in [2.24, 2.45) is 0 Å². The zero-order valence-corrected chi connectivity index (χ0v) is 14.4. The number of carbonyl (C=O) groups excluding carboxylic acids is 2. The average molecular weight is 336 g/mol. The Kier molecular flexibility index (Phi) is 4.57. The third-order valence-corrected chi connectivity index (χ3v) is 4.21. The summed E-state index contributed by atoms with van der Waals surface area (Å²) in [5.41, 5.74) is 2.03. The van der Waals surface area contributed by atoms with Crippen molar-refractivity contribution in [2.45, 2.75) is 19.9 Å². The van der Waals surface area contributed by atoms with Crippen molar-refractivity contribution < 1.29 is 14.0 Å². The van der Waals surface area contributed by atoms with Crippen LogP contribution in [0.1, 0.15) is 36.0 Å². The molecule has 0 saturated carbocycles. The predicted molar refractivity (Wildman–Crippen MR) is 97.5 cm³/mol. The lowest BCUT2D eigenvalue weighted by molar-refractivity contribution is -0.114. The van der Waals surface area contributed by atoms with E-state index in [0.29, 0.717) is 11.3 Å². The second-order valence-electron chi connectivity index (χ2n) is 6.04. The van der Waals surface area contributed by atoms with Gasteiger partial charge >= 0.3 is 0 Å². The summed E-state index contributed by atoms with van der Waals surface area (Å²) in [6.45, 7) is 3.38. The second-order valence-corrected chi connectivity index (χ2v) is 6.04. The van der Waals surface area contributed by atoms with Crippen LogP contribution in [0, 0.1) is 0 Å². The second kappa shape index (κ2) is 6.81. The molecule has 1 atom stereocenters. The first-order chi connectivity index (χ1) is 12.0. The number of rotatable bonds is 4. The van der Waals surface area contributed by atoms with Crippen LogP contribution >= 0.6 is 0 Å². The summed E-state index contributed by atoms with van der Waals surface area (Å²) < 4.78 is 5.86. The summed E-state index contributed by atoms with van der Waals surface area (Å²) in [6.07, 6.45) is 0. The molecule has 1 N–H and O–H groups in total. The molecule has 5 heteroatoms. The van der Waals surface area contributed by atoms with Gasteiger partial charge in [0.1, 0.15) is 11.3 Å². The lowest BCUT2D eigenvalue weighted by Crippen LogP contribution is -2.29. The van der Waals surface area contributed by atoms with Gasteiger partial charge in [0.25, 0.3) is 5.91 Å². The summed E-state index contributed by atoms with van der Waals surface area (Å²) in [5, 5.41) is 3.70. The molecule has 5 nitrogen and oxygen atoms in total. The van der Waals surface area contributed by atoms with Gasteiger partial charge in [-0.3, -0.25) is 9.59 Å². The highest BCUT2D eigenvalue weighted by Crippen LogP contribution is 2.27. The summed E-state index contributed by atoms with van der Waals surface area (Å²) in [4.78, 5) is 25.4. The van der Waals surface area contributed by atoms with Gasteiger partial charge in [0.15, 0.2) is 0 Å². The van der Waals surface area contributed by atoms with Crippen LogP contribution in [0.2, 0.25) is 0 Å². The summed E-state index contributed by atoms with van der Waals surface area (Å²) in [7, 11) is 1.75. The van der Waals surface area contributed by atoms with Crippen molar-refractivity contribution in [1.29, 1.82) is 0 Å². The Morgan fingerprint density at radius 3 is 2.40 bits per heavy atom. The number of hydrogen-bond donors (Lipinski definition) is 1. The van der Waals surface area contributed by atoms with E-state index in [4.69, 9.17) is 4.42 Å². The smallest absolute Gasteiger partial charge is 0.254 e. The van der Waals surface area contributed by atoms with Crippen LogP contribution in [0.5, 0.6) is 0 Å². The van der Waals surface area contributed by atoms with Crippen molar-refractivity contribution in [3.8, 4) is 0 Å². The van der Waals surface area contributed by atoms with E-state index in [9.17, 15) is 9.59 Å². The van der Waals surface area contributed by atoms with Crippen molar-refractivity contribution in [1.82, 2.24) is 4.90 Å². The maximum Gasteiger partial charge on any atom is 0.254 e. The zero-order chi connectivity index (χ0) is 18.0. The van der Waals surface area contributed by atoms with Crippen LogP contribution in [0.4, 0.5) is 5.69 Å². The van der Waals surface area contributed by atoms with E-state index in [1.807, 2.05) is 37.3 Å². The number of para-hydroxylation sites is 1. The molecule has 1 heterocycles. The van der Waals surface area contributed by atoms with Crippen LogP contribution in [-0.2, 0) is 4.79 Å². The van der Waals surface area contributed by atoms with E-state index in [1.54, 1.807) is 36.2 Å². The van der Waals surface area contributed by atoms with E-state index in [0.717, 1.165) is 16.7 Å². The molecule has 0 aliphatic rings. The fourth-order valence-corrected chi connectivity index (χ4v) is 2.68. The van der Waals surface area contributed by atoms with Crippen molar-refractivity contribution in [2.75, 3.05) is 12.4 Å². The quantitative estimate of drug-likeness (QED) is 0.776. The molecular formula is C20H20N2O3. The Morgan fingerprint density at radius 2 is 1.76 bits per heavy atom. The third-order valence-electron chi connectivity index (χ3n) is 4.21. The van der Waals surface area contributed by atoms with E-state index in [-0.39, 0.29) is 17.9 Å². The van der Waals surface area contributed by atoms with E-state index < -0.39 is 0 Å². The number of fused-ring (bicyclic) bond motifs is 1. The first kappa shape index (κ1) is 16.8. The Labute approximate surface area is 146 Å². The number of nitrogens with zero attached hydrogens (tertiary/aromatic N) is 1. The SMILES string of the molecule is CC(=O)Nc1ccc(C(=O)N(C)C(C)c2cc3ccccc3o2)cc1. The monoisotopic (exact) mass is 336 g/mol. The maximum atomic E-state index is 12.7. The molecule has 128 valence electrons. The lowest BCUT2D eigenvalue weighted by Gasteiger charge is -2.23. The number of nitrogens with one attached hydrogen (secondary N) is 1. The van der Waals surface area contributed by atoms with Gasteiger partial charge in [-0.2, -0.15) is 0 Å². The van der Waals surface area contributed by atoms with Crippen LogP contribution in [0.15, 0.2) is 59.0 Å². The number of carbonyl (C=O) groups is 2. The standard InChI is InChI=1S/C20H20N2O3/c1-13(19-12-16-6-4-5-7-18(16)25-19)22(3)20(24)15-8-10-17(11-9-15)21-14(2)23/h4-13H,1-3H3,(H,21,23). The first-order valence-corrected chi connectivity index (χ1v) is 8.09. The molecule has 0 aliphatic heterocycles. The number of furan rings is 1. The van der Waals surface area contributed by atoms with E-state index in [1.165, 1.54) is 6.92 Å². The molecule has 0 bridgehead atoms. The highest BCUT2D eigenvalue weighted by molar-refractivity contribution is 5.95. The molecule has 1 aromatic heterocycles. The highest BCUT2D eigenvalue weighted by Gasteiger charge is 2.21. The van der Waals surface area contributed by atoms with Crippen LogP contribution in [-0.4, -0.2) is 23.8 Å². The van der Waals surface area contributed by atoms with Gasteiger partial charge < -0.3 is 14.6 Å². The van der Waals surface area contributed by atoms with Gasteiger partial charge in [0, 0.05) is 30.6 Å². The predicted octanol–water partition coefficient (Wildman–Crippen LogP) is 4.22. The number of amides is 2. The van der Waals surface area contributed by atoms with Crippen molar-refractivity contribution in [3.05, 3.63) is 65.9 Å². The molecule has 25 heavy (non-hydrogen) atoms. The zero-order valence-electron chi connectivity index (χ0n) is 14.4.